The third kappa shape index (κ3) is 2.87. The maximum absolute atomic E-state index is 13.0. The molecule has 0 saturated carbocycles. The van der Waals surface area contributed by atoms with Crippen molar-refractivity contribution in [2.24, 2.45) is 0 Å². The number of nitrogens with zero attached hydrogens (tertiary/aromatic N) is 2. The molecule has 0 saturated heterocycles. The summed E-state index contributed by atoms with van der Waals surface area (Å²) in [5.41, 5.74) is -0.752. The van der Waals surface area contributed by atoms with Gasteiger partial charge in [-0.25, -0.2) is 9.97 Å². The average molecular weight is 292 g/mol. The van der Waals surface area contributed by atoms with Crippen molar-refractivity contribution in [1.82, 2.24) is 9.97 Å². The van der Waals surface area contributed by atoms with E-state index in [1.165, 1.54) is 12.1 Å². The smallest absolute Gasteiger partial charge is 0.395 e. The van der Waals surface area contributed by atoms with Crippen LogP contribution in [-0.4, -0.2) is 28.2 Å². The minimum Gasteiger partial charge on any atom is -0.395 e. The number of hydrogen-bond donors (Lipinski definition) is 2. The first kappa shape index (κ1) is 13.8. The number of benzene rings is 1. The Bertz CT molecular complexity index is 603. The molecule has 1 heterocycles. The Balaban J connectivity index is 2.71. The van der Waals surface area contributed by atoms with Crippen molar-refractivity contribution in [3.63, 3.8) is 0 Å². The molecule has 2 N–H and O–H groups in total. The molecule has 19 heavy (non-hydrogen) atoms. The number of rotatable bonds is 3. The van der Waals surface area contributed by atoms with E-state index in [0.29, 0.717) is 0 Å². The predicted octanol–water partition coefficient (Wildman–Crippen LogP) is 2.71. The molecule has 0 atom stereocenters. The van der Waals surface area contributed by atoms with Gasteiger partial charge in [0, 0.05) is 6.54 Å². The summed E-state index contributed by atoms with van der Waals surface area (Å²) in [6.07, 6.45) is -4.52. The van der Waals surface area contributed by atoms with E-state index in [-0.39, 0.29) is 35.2 Å². The fraction of sp³-hybridized carbons (Fsp3) is 0.273. The summed E-state index contributed by atoms with van der Waals surface area (Å²) in [6.45, 7) is -0.175. The number of aliphatic hydroxyl groups excluding tert-OH is 1. The zero-order valence-electron chi connectivity index (χ0n) is 9.50. The average Bonchev–Trinajstić information content (AvgIpc) is 2.33. The maximum atomic E-state index is 13.0. The fourth-order valence-corrected chi connectivity index (χ4v) is 1.87. The largest absolute Gasteiger partial charge is 0.417 e. The first-order chi connectivity index (χ1) is 8.93. The van der Waals surface area contributed by atoms with E-state index in [4.69, 9.17) is 16.7 Å². The van der Waals surface area contributed by atoms with E-state index >= 15 is 0 Å². The zero-order chi connectivity index (χ0) is 14.0. The number of aliphatic hydroxyl groups is 1. The number of anilines is 1. The molecule has 2 aromatic rings. The molecule has 8 heteroatoms. The van der Waals surface area contributed by atoms with Gasteiger partial charge >= 0.3 is 6.18 Å². The number of halogens is 4. The fourth-order valence-electron chi connectivity index (χ4n) is 1.69. The first-order valence-electron chi connectivity index (χ1n) is 5.31. The Kier molecular flexibility index (Phi) is 3.77. The number of aromatic nitrogens is 2. The van der Waals surface area contributed by atoms with Gasteiger partial charge in [-0.2, -0.15) is 13.2 Å². The van der Waals surface area contributed by atoms with Crippen molar-refractivity contribution < 1.29 is 18.3 Å². The lowest BCUT2D eigenvalue weighted by atomic mass is 10.1. The van der Waals surface area contributed by atoms with Gasteiger partial charge in [0.2, 0.25) is 5.28 Å². The van der Waals surface area contributed by atoms with E-state index < -0.39 is 11.7 Å². The highest BCUT2D eigenvalue weighted by molar-refractivity contribution is 6.28. The second kappa shape index (κ2) is 5.18. The van der Waals surface area contributed by atoms with Gasteiger partial charge in [0.25, 0.3) is 0 Å². The van der Waals surface area contributed by atoms with E-state index in [0.717, 1.165) is 6.07 Å². The molecule has 0 aliphatic carbocycles. The SMILES string of the molecule is OCCNc1nc(Cl)nc2cccc(C(F)(F)F)c12. The van der Waals surface area contributed by atoms with Crippen molar-refractivity contribution in [2.45, 2.75) is 6.18 Å². The highest BCUT2D eigenvalue weighted by Crippen LogP contribution is 2.37. The molecule has 1 aromatic heterocycles. The van der Waals surface area contributed by atoms with Crippen LogP contribution in [0.15, 0.2) is 18.2 Å². The van der Waals surface area contributed by atoms with Crippen molar-refractivity contribution in [3.05, 3.63) is 29.0 Å². The topological polar surface area (TPSA) is 58.0 Å². The van der Waals surface area contributed by atoms with E-state index in [1.54, 1.807) is 0 Å². The van der Waals surface area contributed by atoms with Crippen LogP contribution in [0.1, 0.15) is 5.56 Å². The van der Waals surface area contributed by atoms with Crippen molar-refractivity contribution in [3.8, 4) is 0 Å². The number of fused-ring (bicyclic) bond motifs is 1. The second-order valence-electron chi connectivity index (χ2n) is 3.69. The Hall–Kier alpha value is -1.60. The van der Waals surface area contributed by atoms with Gasteiger partial charge in [-0.1, -0.05) is 6.07 Å². The van der Waals surface area contributed by atoms with Crippen LogP contribution in [0.3, 0.4) is 0 Å². The van der Waals surface area contributed by atoms with Crippen molar-refractivity contribution in [2.75, 3.05) is 18.5 Å². The van der Waals surface area contributed by atoms with Crippen LogP contribution in [0, 0.1) is 0 Å². The Labute approximate surface area is 111 Å². The predicted molar refractivity (Wildman–Crippen MR) is 65.1 cm³/mol. The molecule has 2 rings (SSSR count). The molecule has 0 aliphatic rings. The lowest BCUT2D eigenvalue weighted by Gasteiger charge is -2.13. The summed E-state index contributed by atoms with van der Waals surface area (Å²) >= 11 is 5.66. The number of nitrogens with one attached hydrogen (secondary N) is 1. The molecule has 0 radical (unpaired) electrons. The molecule has 0 fully saturated rings. The molecule has 0 amide bonds. The Morgan fingerprint density at radius 1 is 1.26 bits per heavy atom. The zero-order valence-corrected chi connectivity index (χ0v) is 10.3. The third-order valence-electron chi connectivity index (χ3n) is 2.41. The van der Waals surface area contributed by atoms with Crippen LogP contribution < -0.4 is 5.32 Å². The maximum Gasteiger partial charge on any atom is 0.417 e. The lowest BCUT2D eigenvalue weighted by molar-refractivity contribution is -0.136. The van der Waals surface area contributed by atoms with Gasteiger partial charge < -0.3 is 10.4 Å². The summed E-state index contributed by atoms with van der Waals surface area (Å²) in [5, 5.41) is 11.0. The van der Waals surface area contributed by atoms with Gasteiger partial charge in [0.1, 0.15) is 5.82 Å². The molecule has 102 valence electrons. The third-order valence-corrected chi connectivity index (χ3v) is 2.57. The van der Waals surface area contributed by atoms with Crippen LogP contribution in [0.25, 0.3) is 10.9 Å². The normalized spacial score (nSPS) is 11.8. The summed E-state index contributed by atoms with van der Waals surface area (Å²) in [4.78, 5) is 7.52. The molecule has 0 aliphatic heterocycles. The van der Waals surface area contributed by atoms with Crippen LogP contribution in [0.2, 0.25) is 5.28 Å². The van der Waals surface area contributed by atoms with Crippen LogP contribution >= 0.6 is 11.6 Å². The minimum absolute atomic E-state index is 0.0445. The summed E-state index contributed by atoms with van der Waals surface area (Å²) in [6, 6.07) is 3.62. The molecule has 0 unspecified atom stereocenters. The van der Waals surface area contributed by atoms with E-state index in [1.807, 2.05) is 0 Å². The minimum atomic E-state index is -4.52. The van der Waals surface area contributed by atoms with E-state index in [2.05, 4.69) is 15.3 Å². The van der Waals surface area contributed by atoms with Gasteiger partial charge in [0.05, 0.1) is 23.1 Å². The number of hydrogen-bond acceptors (Lipinski definition) is 4. The molecule has 0 bridgehead atoms. The van der Waals surface area contributed by atoms with Crippen molar-refractivity contribution in [1.29, 1.82) is 0 Å². The highest BCUT2D eigenvalue weighted by atomic mass is 35.5. The molecule has 1 aromatic carbocycles. The monoisotopic (exact) mass is 291 g/mol. The van der Waals surface area contributed by atoms with Gasteiger partial charge in [-0.05, 0) is 23.7 Å². The van der Waals surface area contributed by atoms with Gasteiger partial charge in [-0.3, -0.25) is 0 Å². The molecule has 0 spiro atoms. The first-order valence-corrected chi connectivity index (χ1v) is 5.69. The quantitative estimate of drug-likeness (QED) is 0.854. The Morgan fingerprint density at radius 3 is 2.63 bits per heavy atom. The van der Waals surface area contributed by atoms with Crippen LogP contribution in [-0.2, 0) is 6.18 Å². The standard InChI is InChI=1S/C11H9ClF3N3O/c12-10-17-7-3-1-2-6(11(13,14)15)8(7)9(18-10)16-4-5-19/h1-3,19H,4-5H2,(H,16,17,18). The van der Waals surface area contributed by atoms with E-state index in [9.17, 15) is 13.2 Å². The van der Waals surface area contributed by atoms with Crippen molar-refractivity contribution >= 4 is 28.3 Å². The summed E-state index contributed by atoms with van der Waals surface area (Å²) < 4.78 is 38.9. The second-order valence-corrected chi connectivity index (χ2v) is 4.03. The van der Waals surface area contributed by atoms with Gasteiger partial charge in [-0.15, -0.1) is 0 Å². The summed E-state index contributed by atoms with van der Waals surface area (Å²) in [5.74, 6) is -0.0445. The van der Waals surface area contributed by atoms with Crippen LogP contribution in [0.4, 0.5) is 19.0 Å². The lowest BCUT2D eigenvalue weighted by Crippen LogP contribution is -2.12. The number of alkyl halides is 3. The Morgan fingerprint density at radius 2 is 2.00 bits per heavy atom. The highest BCUT2D eigenvalue weighted by Gasteiger charge is 2.34. The van der Waals surface area contributed by atoms with Crippen LogP contribution in [0.5, 0.6) is 0 Å². The molecular formula is C11H9ClF3N3O. The molecule has 4 nitrogen and oxygen atoms in total. The summed E-state index contributed by atoms with van der Waals surface area (Å²) in [7, 11) is 0. The molecular weight excluding hydrogens is 283 g/mol. The van der Waals surface area contributed by atoms with Gasteiger partial charge in [0.15, 0.2) is 0 Å².